The Labute approximate surface area is 105 Å². The zero-order valence-electron chi connectivity index (χ0n) is 10.5. The Bertz CT molecular complexity index is 414. The van der Waals surface area contributed by atoms with E-state index in [0.717, 1.165) is 12.1 Å². The van der Waals surface area contributed by atoms with Gasteiger partial charge in [0.05, 0.1) is 0 Å². The highest BCUT2D eigenvalue weighted by atomic mass is 19.1. The van der Waals surface area contributed by atoms with Crippen LogP contribution in [0.4, 0.5) is 14.5 Å². The van der Waals surface area contributed by atoms with Crippen molar-refractivity contribution in [2.45, 2.75) is 6.42 Å². The van der Waals surface area contributed by atoms with E-state index in [2.05, 4.69) is 0 Å². The number of nitrogen functional groups attached to an aromatic ring is 1. The van der Waals surface area contributed by atoms with Crippen molar-refractivity contribution >= 4 is 11.5 Å². The Hall–Kier alpha value is -1.69. The van der Waals surface area contributed by atoms with Crippen LogP contribution >= 0.6 is 0 Å². The fourth-order valence-corrected chi connectivity index (χ4v) is 1.64. The van der Waals surface area contributed by atoms with E-state index in [9.17, 15) is 8.78 Å². The molecule has 0 saturated heterocycles. The number of nitrogens with two attached hydrogens (primary N) is 1. The van der Waals surface area contributed by atoms with Crippen LogP contribution in [-0.4, -0.2) is 33.1 Å². The van der Waals surface area contributed by atoms with E-state index in [0.29, 0.717) is 19.6 Å². The number of methoxy groups -OCH3 is 1. The van der Waals surface area contributed by atoms with E-state index >= 15 is 0 Å². The number of ether oxygens (including phenoxy) is 1. The van der Waals surface area contributed by atoms with Gasteiger partial charge in [0, 0.05) is 32.9 Å². The Morgan fingerprint density at radius 1 is 1.39 bits per heavy atom. The molecule has 6 heteroatoms. The quantitative estimate of drug-likeness (QED) is 0.463. The minimum atomic E-state index is -0.722. The summed E-state index contributed by atoms with van der Waals surface area (Å²) in [7, 11) is 3.17. The Kier molecular flexibility index (Phi) is 5.03. The predicted molar refractivity (Wildman–Crippen MR) is 67.1 cm³/mol. The lowest BCUT2D eigenvalue weighted by Gasteiger charge is -2.20. The summed E-state index contributed by atoms with van der Waals surface area (Å²) in [6, 6.07) is 2.13. The molecular weight excluding hydrogens is 240 g/mol. The van der Waals surface area contributed by atoms with Crippen LogP contribution in [0.25, 0.3) is 0 Å². The van der Waals surface area contributed by atoms with Crippen LogP contribution in [0.1, 0.15) is 12.0 Å². The molecule has 1 rings (SSSR count). The lowest BCUT2D eigenvalue weighted by Crippen LogP contribution is -2.23. The van der Waals surface area contributed by atoms with E-state index in [-0.39, 0.29) is 17.1 Å². The Morgan fingerprint density at radius 2 is 1.94 bits per heavy atom. The summed E-state index contributed by atoms with van der Waals surface area (Å²) in [5.41, 5.74) is 5.12. The number of halogens is 2. The molecule has 3 N–H and O–H groups in total. The molecule has 0 aromatic heterocycles. The minimum Gasteiger partial charge on any atom is -0.385 e. The second kappa shape index (κ2) is 6.30. The molecule has 0 aliphatic rings. The SMILES string of the molecule is COCCCN(C)c1c(F)cc(C(=N)N)cc1F. The molecule has 0 unspecified atom stereocenters. The maximum Gasteiger partial charge on any atom is 0.150 e. The van der Waals surface area contributed by atoms with Crippen molar-refractivity contribution in [2.75, 3.05) is 32.2 Å². The van der Waals surface area contributed by atoms with Crippen molar-refractivity contribution in [3.63, 3.8) is 0 Å². The van der Waals surface area contributed by atoms with Crippen molar-refractivity contribution in [2.24, 2.45) is 5.73 Å². The first-order chi connectivity index (χ1) is 8.47. The summed E-state index contributed by atoms with van der Waals surface area (Å²) in [5.74, 6) is -1.80. The molecule has 0 bridgehead atoms. The largest absolute Gasteiger partial charge is 0.385 e. The van der Waals surface area contributed by atoms with Gasteiger partial charge in [-0.05, 0) is 18.6 Å². The van der Waals surface area contributed by atoms with Gasteiger partial charge in [-0.25, -0.2) is 8.78 Å². The standard InChI is InChI=1S/C12H17F2N3O/c1-17(4-3-5-18-2)11-9(13)6-8(12(15)16)7-10(11)14/h6-7H,3-5H2,1-2H3,(H3,15,16). The van der Waals surface area contributed by atoms with Gasteiger partial charge in [0.2, 0.25) is 0 Å². The van der Waals surface area contributed by atoms with E-state index in [1.807, 2.05) is 0 Å². The number of rotatable bonds is 6. The van der Waals surface area contributed by atoms with Gasteiger partial charge in [-0.3, -0.25) is 5.41 Å². The lowest BCUT2D eigenvalue weighted by atomic mass is 10.1. The van der Waals surface area contributed by atoms with Gasteiger partial charge >= 0.3 is 0 Å². The first-order valence-corrected chi connectivity index (χ1v) is 5.51. The number of anilines is 1. The first kappa shape index (κ1) is 14.4. The van der Waals surface area contributed by atoms with Crippen LogP contribution in [-0.2, 0) is 4.74 Å². The van der Waals surface area contributed by atoms with Crippen LogP contribution in [0, 0.1) is 17.0 Å². The molecule has 0 spiro atoms. The molecule has 1 aromatic rings. The van der Waals surface area contributed by atoms with Gasteiger partial charge in [-0.15, -0.1) is 0 Å². The molecule has 0 heterocycles. The molecule has 0 amide bonds. The van der Waals surface area contributed by atoms with Gasteiger partial charge in [-0.1, -0.05) is 0 Å². The molecule has 4 nitrogen and oxygen atoms in total. The molecule has 0 aliphatic heterocycles. The molecule has 0 fully saturated rings. The molecule has 0 saturated carbocycles. The van der Waals surface area contributed by atoms with Crippen molar-refractivity contribution in [1.29, 1.82) is 5.41 Å². The average Bonchev–Trinajstić information content (AvgIpc) is 2.28. The van der Waals surface area contributed by atoms with Crippen LogP contribution in [0.3, 0.4) is 0 Å². The van der Waals surface area contributed by atoms with Crippen molar-refractivity contribution in [1.82, 2.24) is 0 Å². The fraction of sp³-hybridized carbons (Fsp3) is 0.417. The number of amidine groups is 1. The van der Waals surface area contributed by atoms with Gasteiger partial charge in [0.15, 0.2) is 0 Å². The number of hydrogen-bond donors (Lipinski definition) is 2. The van der Waals surface area contributed by atoms with Gasteiger partial charge in [-0.2, -0.15) is 0 Å². The highest BCUT2D eigenvalue weighted by Crippen LogP contribution is 2.24. The molecular formula is C12H17F2N3O. The zero-order valence-corrected chi connectivity index (χ0v) is 10.5. The van der Waals surface area contributed by atoms with Crippen molar-refractivity contribution < 1.29 is 13.5 Å². The second-order valence-corrected chi connectivity index (χ2v) is 3.97. The molecule has 18 heavy (non-hydrogen) atoms. The topological polar surface area (TPSA) is 62.3 Å². The number of nitrogens with zero attached hydrogens (tertiary/aromatic N) is 1. The summed E-state index contributed by atoms with van der Waals surface area (Å²) in [6.07, 6.45) is 0.667. The normalized spacial score (nSPS) is 10.4. The monoisotopic (exact) mass is 257 g/mol. The van der Waals surface area contributed by atoms with Crippen LogP contribution < -0.4 is 10.6 Å². The molecule has 1 aromatic carbocycles. The van der Waals surface area contributed by atoms with E-state index < -0.39 is 11.6 Å². The summed E-state index contributed by atoms with van der Waals surface area (Å²) >= 11 is 0. The molecule has 0 atom stereocenters. The van der Waals surface area contributed by atoms with Crippen LogP contribution in [0.5, 0.6) is 0 Å². The summed E-state index contributed by atoms with van der Waals surface area (Å²) in [5, 5.41) is 7.16. The highest BCUT2D eigenvalue weighted by molar-refractivity contribution is 5.95. The van der Waals surface area contributed by atoms with E-state index in [4.69, 9.17) is 15.9 Å². The maximum absolute atomic E-state index is 13.8. The molecule has 100 valence electrons. The van der Waals surface area contributed by atoms with Crippen molar-refractivity contribution in [3.8, 4) is 0 Å². The van der Waals surface area contributed by atoms with Gasteiger partial charge < -0.3 is 15.4 Å². The maximum atomic E-state index is 13.8. The molecule has 0 aliphatic carbocycles. The van der Waals surface area contributed by atoms with Crippen LogP contribution in [0.2, 0.25) is 0 Å². The average molecular weight is 257 g/mol. The van der Waals surface area contributed by atoms with Gasteiger partial charge in [0.25, 0.3) is 0 Å². The Balaban J connectivity index is 2.92. The van der Waals surface area contributed by atoms with Crippen molar-refractivity contribution in [3.05, 3.63) is 29.3 Å². The van der Waals surface area contributed by atoms with Crippen LogP contribution in [0.15, 0.2) is 12.1 Å². The number of benzene rings is 1. The third-order valence-electron chi connectivity index (χ3n) is 2.55. The Morgan fingerprint density at radius 3 is 2.39 bits per heavy atom. The minimum absolute atomic E-state index is 0.0408. The number of hydrogen-bond acceptors (Lipinski definition) is 3. The third kappa shape index (κ3) is 3.40. The zero-order chi connectivity index (χ0) is 13.7. The summed E-state index contributed by atoms with van der Waals surface area (Å²) in [4.78, 5) is 1.48. The third-order valence-corrected chi connectivity index (χ3v) is 2.55. The predicted octanol–water partition coefficient (Wildman–Crippen LogP) is 1.72. The molecule has 0 radical (unpaired) electrons. The lowest BCUT2D eigenvalue weighted by molar-refractivity contribution is 0.196. The van der Waals surface area contributed by atoms with Gasteiger partial charge in [0.1, 0.15) is 23.2 Å². The van der Waals surface area contributed by atoms with E-state index in [1.165, 1.54) is 4.90 Å². The smallest absolute Gasteiger partial charge is 0.150 e. The van der Waals surface area contributed by atoms with E-state index in [1.54, 1.807) is 14.2 Å². The summed E-state index contributed by atoms with van der Waals surface area (Å²) in [6.45, 7) is 1.00. The summed E-state index contributed by atoms with van der Waals surface area (Å²) < 4.78 is 32.4. The second-order valence-electron chi connectivity index (χ2n) is 3.97. The fourth-order valence-electron chi connectivity index (χ4n) is 1.64. The number of nitrogens with one attached hydrogen (secondary N) is 1. The highest BCUT2D eigenvalue weighted by Gasteiger charge is 2.15. The first-order valence-electron chi connectivity index (χ1n) is 5.51.